The first-order valence-electron chi connectivity index (χ1n) is 5.07. The van der Waals surface area contributed by atoms with Crippen LogP contribution in [-0.4, -0.2) is 26.9 Å². The molecule has 0 fully saturated rings. The van der Waals surface area contributed by atoms with Crippen LogP contribution in [-0.2, 0) is 6.18 Å². The highest BCUT2D eigenvalue weighted by molar-refractivity contribution is 5.95. The Hall–Kier alpha value is -1.96. The van der Waals surface area contributed by atoms with Crippen molar-refractivity contribution in [3.63, 3.8) is 0 Å². The van der Waals surface area contributed by atoms with E-state index in [1.54, 1.807) is 0 Å². The summed E-state index contributed by atoms with van der Waals surface area (Å²) in [6.45, 7) is 0.170. The Bertz CT molecular complexity index is 590. The fourth-order valence-corrected chi connectivity index (χ4v) is 1.43. The fraction of sp³-hybridized carbons (Fsp3) is 0.300. The van der Waals surface area contributed by atoms with Crippen LogP contribution in [0.15, 0.2) is 18.5 Å². The quantitative estimate of drug-likeness (QED) is 0.841. The lowest BCUT2D eigenvalue weighted by molar-refractivity contribution is -0.141. The Labute approximate surface area is 99.4 Å². The van der Waals surface area contributed by atoms with E-state index in [2.05, 4.69) is 10.1 Å². The molecule has 0 saturated carbocycles. The lowest BCUT2D eigenvalue weighted by atomic mass is 10.2. The molecule has 0 amide bonds. The highest BCUT2D eigenvalue weighted by Crippen LogP contribution is 2.28. The zero-order valence-electron chi connectivity index (χ0n) is 9.11. The number of fused-ring (bicyclic) bond motifs is 1. The molecule has 18 heavy (non-hydrogen) atoms. The minimum Gasteiger partial charge on any atom is -0.330 e. The van der Waals surface area contributed by atoms with Crippen LogP contribution >= 0.6 is 0 Å². The van der Waals surface area contributed by atoms with E-state index in [9.17, 15) is 18.0 Å². The molecule has 0 aliphatic carbocycles. The van der Waals surface area contributed by atoms with Gasteiger partial charge in [0.25, 0.3) is 0 Å². The molecule has 0 aliphatic heterocycles. The minimum absolute atomic E-state index is 0.0339. The first-order chi connectivity index (χ1) is 8.41. The third-order valence-electron chi connectivity index (χ3n) is 2.30. The minimum atomic E-state index is -4.53. The summed E-state index contributed by atoms with van der Waals surface area (Å²) in [6.07, 6.45) is -1.99. The predicted octanol–water partition coefficient (Wildman–Crippen LogP) is 1.28. The second-order valence-electron chi connectivity index (χ2n) is 3.63. The Morgan fingerprint density at radius 1 is 1.44 bits per heavy atom. The number of halogens is 3. The number of rotatable bonds is 3. The zero-order chi connectivity index (χ0) is 13.3. The van der Waals surface area contributed by atoms with E-state index in [1.807, 2.05) is 0 Å². The molecule has 2 aromatic heterocycles. The third kappa shape index (κ3) is 2.33. The molecule has 2 rings (SSSR count). The smallest absolute Gasteiger partial charge is 0.330 e. The average molecular weight is 258 g/mol. The second kappa shape index (κ2) is 4.37. The number of nitrogens with two attached hydrogens (primary N) is 1. The summed E-state index contributed by atoms with van der Waals surface area (Å²) in [6, 6.07) is 0.817. The van der Waals surface area contributed by atoms with Crippen LogP contribution in [0.3, 0.4) is 0 Å². The van der Waals surface area contributed by atoms with Gasteiger partial charge in [0.2, 0.25) is 0 Å². The normalized spacial score (nSPS) is 12.0. The van der Waals surface area contributed by atoms with Crippen molar-refractivity contribution in [2.75, 3.05) is 6.54 Å². The summed E-state index contributed by atoms with van der Waals surface area (Å²) in [5.41, 5.74) is 4.40. The Morgan fingerprint density at radius 2 is 2.17 bits per heavy atom. The largest absolute Gasteiger partial charge is 0.435 e. The number of Topliss-reactive ketones (excluding diaryl/α,β-unsaturated/α-hetero) is 1. The van der Waals surface area contributed by atoms with E-state index >= 15 is 0 Å². The Balaban J connectivity index is 2.43. The second-order valence-corrected chi connectivity index (χ2v) is 3.63. The van der Waals surface area contributed by atoms with Crippen LogP contribution in [0.5, 0.6) is 0 Å². The van der Waals surface area contributed by atoms with Gasteiger partial charge in [-0.1, -0.05) is 0 Å². The summed E-state index contributed by atoms with van der Waals surface area (Å²) in [4.78, 5) is 15.3. The van der Waals surface area contributed by atoms with Crippen LogP contribution in [0.2, 0.25) is 0 Å². The van der Waals surface area contributed by atoms with Crippen LogP contribution in [0.4, 0.5) is 13.2 Å². The number of carbonyl (C=O) groups is 1. The van der Waals surface area contributed by atoms with E-state index in [1.165, 1.54) is 12.4 Å². The fourth-order valence-electron chi connectivity index (χ4n) is 1.43. The molecular formula is C10H9F3N4O. The summed E-state index contributed by atoms with van der Waals surface area (Å²) in [7, 11) is 0. The van der Waals surface area contributed by atoms with Gasteiger partial charge in [0.05, 0.1) is 5.56 Å². The molecule has 0 saturated heterocycles. The summed E-state index contributed by atoms with van der Waals surface area (Å²) in [5.74, 6) is -0.282. The molecule has 5 nitrogen and oxygen atoms in total. The lowest BCUT2D eigenvalue weighted by Crippen LogP contribution is -2.10. The maximum absolute atomic E-state index is 12.4. The molecule has 0 radical (unpaired) electrons. The van der Waals surface area contributed by atoms with Crippen molar-refractivity contribution in [3.05, 3.63) is 29.7 Å². The van der Waals surface area contributed by atoms with Crippen molar-refractivity contribution >= 4 is 11.4 Å². The van der Waals surface area contributed by atoms with Crippen molar-refractivity contribution in [2.45, 2.75) is 12.6 Å². The van der Waals surface area contributed by atoms with Crippen LogP contribution in [0.25, 0.3) is 5.65 Å². The molecule has 8 heteroatoms. The molecule has 2 N–H and O–H groups in total. The molecule has 2 aromatic rings. The molecule has 0 aliphatic rings. The zero-order valence-corrected chi connectivity index (χ0v) is 9.11. The first kappa shape index (κ1) is 12.5. The Kier molecular flexibility index (Phi) is 3.04. The molecule has 96 valence electrons. The van der Waals surface area contributed by atoms with Gasteiger partial charge in [-0.3, -0.25) is 4.79 Å². The van der Waals surface area contributed by atoms with Gasteiger partial charge in [0.1, 0.15) is 0 Å². The van der Waals surface area contributed by atoms with Gasteiger partial charge in [-0.15, -0.1) is 0 Å². The van der Waals surface area contributed by atoms with E-state index in [-0.39, 0.29) is 30.0 Å². The van der Waals surface area contributed by atoms with E-state index in [0.717, 1.165) is 10.6 Å². The van der Waals surface area contributed by atoms with E-state index in [0.29, 0.717) is 0 Å². The summed E-state index contributed by atoms with van der Waals surface area (Å²) < 4.78 is 38.2. The van der Waals surface area contributed by atoms with Gasteiger partial charge in [-0.05, 0) is 6.54 Å². The number of ketones is 1. The number of alkyl halides is 3. The van der Waals surface area contributed by atoms with E-state index < -0.39 is 11.9 Å². The van der Waals surface area contributed by atoms with Crippen LogP contribution in [0, 0.1) is 0 Å². The van der Waals surface area contributed by atoms with Crippen molar-refractivity contribution in [1.29, 1.82) is 0 Å². The highest BCUT2D eigenvalue weighted by Gasteiger charge is 2.34. The lowest BCUT2D eigenvalue weighted by Gasteiger charge is -2.00. The number of aromatic nitrogens is 3. The monoisotopic (exact) mass is 258 g/mol. The Morgan fingerprint density at radius 3 is 2.78 bits per heavy atom. The van der Waals surface area contributed by atoms with Crippen molar-refractivity contribution < 1.29 is 18.0 Å². The molecular weight excluding hydrogens is 249 g/mol. The van der Waals surface area contributed by atoms with Gasteiger partial charge in [-0.2, -0.15) is 18.3 Å². The van der Waals surface area contributed by atoms with Crippen molar-refractivity contribution in [1.82, 2.24) is 14.6 Å². The highest BCUT2D eigenvalue weighted by atomic mass is 19.4. The molecule has 0 bridgehead atoms. The molecule has 0 atom stereocenters. The number of nitrogens with zero attached hydrogens (tertiary/aromatic N) is 3. The van der Waals surface area contributed by atoms with Gasteiger partial charge in [0, 0.05) is 24.9 Å². The number of hydrogen-bond acceptors (Lipinski definition) is 4. The van der Waals surface area contributed by atoms with Crippen molar-refractivity contribution in [3.8, 4) is 0 Å². The molecule has 0 aromatic carbocycles. The van der Waals surface area contributed by atoms with Crippen LogP contribution < -0.4 is 5.73 Å². The summed E-state index contributed by atoms with van der Waals surface area (Å²) >= 11 is 0. The van der Waals surface area contributed by atoms with Gasteiger partial charge < -0.3 is 5.73 Å². The maximum Gasteiger partial charge on any atom is 0.435 e. The standard InChI is InChI=1S/C10H9F3N4O/c11-10(12,13)8-3-9-15-4-6(5-17(9)16-8)7(18)1-2-14/h3-5H,1-2,14H2. The number of hydrogen-bond donors (Lipinski definition) is 1. The van der Waals surface area contributed by atoms with Gasteiger partial charge in [0.15, 0.2) is 17.1 Å². The van der Waals surface area contributed by atoms with Crippen LogP contribution in [0.1, 0.15) is 22.5 Å². The number of carbonyl (C=O) groups excluding carboxylic acids is 1. The molecule has 0 unspecified atom stereocenters. The average Bonchev–Trinajstić information content (AvgIpc) is 2.71. The van der Waals surface area contributed by atoms with Crippen molar-refractivity contribution in [2.24, 2.45) is 5.73 Å². The predicted molar refractivity (Wildman–Crippen MR) is 56.0 cm³/mol. The van der Waals surface area contributed by atoms with E-state index in [4.69, 9.17) is 5.73 Å². The maximum atomic E-state index is 12.4. The SMILES string of the molecule is NCCC(=O)c1cnc2cc(C(F)(F)F)nn2c1. The first-order valence-corrected chi connectivity index (χ1v) is 5.07. The summed E-state index contributed by atoms with van der Waals surface area (Å²) in [5, 5.41) is 3.33. The van der Waals surface area contributed by atoms with Gasteiger partial charge >= 0.3 is 6.18 Å². The van der Waals surface area contributed by atoms with Gasteiger partial charge in [-0.25, -0.2) is 9.50 Å². The topological polar surface area (TPSA) is 73.3 Å². The molecule has 0 spiro atoms. The molecule has 2 heterocycles. The third-order valence-corrected chi connectivity index (χ3v) is 2.30.